The Kier molecular flexibility index (Phi) is 8.04. The Bertz CT molecular complexity index is 1690. The average molecular weight is 571 g/mol. The fourth-order valence-corrected chi connectivity index (χ4v) is 5.88. The van der Waals surface area contributed by atoms with Crippen molar-refractivity contribution in [2.45, 2.75) is 18.7 Å². The predicted octanol–water partition coefficient (Wildman–Crippen LogP) is 6.97. The number of rotatable bonds is 8. The number of ether oxygens (including phenoxy) is 1. The highest BCUT2D eigenvalue weighted by Gasteiger charge is 2.34. The van der Waals surface area contributed by atoms with Crippen LogP contribution in [0.5, 0.6) is 11.5 Å². The van der Waals surface area contributed by atoms with Gasteiger partial charge in [-0.3, -0.25) is 9.69 Å². The molecule has 0 bridgehead atoms. The molecule has 0 atom stereocenters. The number of benzene rings is 4. The number of hydrogen-bond donors (Lipinski definition) is 0. The monoisotopic (exact) mass is 570 g/mol. The Hall–Kier alpha value is -4.34. The summed E-state index contributed by atoms with van der Waals surface area (Å²) in [6.45, 7) is 3.97. The van der Waals surface area contributed by atoms with Crippen LogP contribution < -0.4 is 13.8 Å². The van der Waals surface area contributed by atoms with Crippen molar-refractivity contribution in [1.82, 2.24) is 0 Å². The molecule has 1 aliphatic heterocycles. The molecule has 1 fully saturated rings. The highest BCUT2D eigenvalue weighted by Crippen LogP contribution is 2.38. The SMILES string of the molecule is CCOc1cc(/C=C2/SC(=Nc3ccccc3)N(c3ccccc3)C2=O)ccc1OS(=O)(=O)c1ccc(C)cc1. The number of carbonyl (C=O) groups is 1. The number of amides is 1. The maximum atomic E-state index is 13.6. The Balaban J connectivity index is 1.48. The van der Waals surface area contributed by atoms with Crippen molar-refractivity contribution in [3.63, 3.8) is 0 Å². The average Bonchev–Trinajstić information content (AvgIpc) is 3.25. The molecule has 9 heteroatoms. The number of thioether (sulfide) groups is 1. The van der Waals surface area contributed by atoms with Crippen molar-refractivity contribution in [1.29, 1.82) is 0 Å². The molecule has 0 radical (unpaired) electrons. The lowest BCUT2D eigenvalue weighted by Crippen LogP contribution is -2.28. The van der Waals surface area contributed by atoms with Gasteiger partial charge in [0.1, 0.15) is 4.90 Å². The molecule has 0 unspecified atom stereocenters. The lowest BCUT2D eigenvalue weighted by molar-refractivity contribution is -0.113. The van der Waals surface area contributed by atoms with Crippen LogP contribution >= 0.6 is 11.8 Å². The van der Waals surface area contributed by atoms with E-state index in [2.05, 4.69) is 0 Å². The van der Waals surface area contributed by atoms with Crippen LogP contribution in [0.25, 0.3) is 6.08 Å². The summed E-state index contributed by atoms with van der Waals surface area (Å²) in [7, 11) is -4.07. The van der Waals surface area contributed by atoms with Crippen LogP contribution in [0.2, 0.25) is 0 Å². The number of aryl methyl sites for hydroxylation is 1. The summed E-state index contributed by atoms with van der Waals surface area (Å²) in [5.41, 5.74) is 3.02. The van der Waals surface area contributed by atoms with Gasteiger partial charge in [0.15, 0.2) is 16.7 Å². The third-order valence-corrected chi connectivity index (χ3v) is 8.09. The maximum absolute atomic E-state index is 13.6. The third-order valence-electron chi connectivity index (χ3n) is 5.88. The lowest BCUT2D eigenvalue weighted by Gasteiger charge is -2.15. The molecule has 1 amide bonds. The van der Waals surface area contributed by atoms with Crippen LogP contribution in [0, 0.1) is 6.92 Å². The Morgan fingerprint density at radius 3 is 2.23 bits per heavy atom. The minimum absolute atomic E-state index is 0.0472. The third kappa shape index (κ3) is 6.11. The van der Waals surface area contributed by atoms with Gasteiger partial charge in [-0.1, -0.05) is 60.2 Å². The quantitative estimate of drug-likeness (QED) is 0.168. The molecule has 1 aliphatic rings. The Morgan fingerprint density at radius 1 is 0.875 bits per heavy atom. The standard InChI is InChI=1S/C31H26N2O5S2/c1-3-37-28-20-23(16-19-27(28)38-40(35,36)26-17-14-22(2)15-18-26)21-29-30(34)33(25-12-8-5-9-13-25)31(39-29)32-24-10-6-4-7-11-24/h4-21H,3H2,1-2H3/b29-21+,32-31?. The Morgan fingerprint density at radius 2 is 1.55 bits per heavy atom. The summed E-state index contributed by atoms with van der Waals surface area (Å²) in [6, 6.07) is 30.1. The van der Waals surface area contributed by atoms with Gasteiger partial charge in [-0.05, 0) is 85.8 Å². The van der Waals surface area contributed by atoms with E-state index in [9.17, 15) is 13.2 Å². The second kappa shape index (κ2) is 11.8. The number of carbonyl (C=O) groups excluding carboxylic acids is 1. The number of amidine groups is 1. The summed E-state index contributed by atoms with van der Waals surface area (Å²) >= 11 is 1.26. The molecule has 7 nitrogen and oxygen atoms in total. The van der Waals surface area contributed by atoms with E-state index in [1.54, 1.807) is 42.2 Å². The number of anilines is 1. The molecule has 202 valence electrons. The maximum Gasteiger partial charge on any atom is 0.339 e. The highest BCUT2D eigenvalue weighted by molar-refractivity contribution is 8.19. The van der Waals surface area contributed by atoms with Crippen LogP contribution in [-0.2, 0) is 14.9 Å². The zero-order valence-corrected chi connectivity index (χ0v) is 23.5. The lowest BCUT2D eigenvalue weighted by atomic mass is 10.2. The van der Waals surface area contributed by atoms with Crippen molar-refractivity contribution in [2.24, 2.45) is 4.99 Å². The van der Waals surface area contributed by atoms with E-state index in [-0.39, 0.29) is 22.3 Å². The van der Waals surface area contributed by atoms with Crippen molar-refractivity contribution in [3.8, 4) is 11.5 Å². The molecule has 0 saturated carbocycles. The van der Waals surface area contributed by atoms with E-state index in [0.29, 0.717) is 27.9 Å². The molecule has 0 spiro atoms. The van der Waals surface area contributed by atoms with Crippen molar-refractivity contribution >= 4 is 50.4 Å². The summed E-state index contributed by atoms with van der Waals surface area (Å²) < 4.78 is 36.9. The van der Waals surface area contributed by atoms with Gasteiger partial charge in [0, 0.05) is 0 Å². The number of para-hydroxylation sites is 2. The normalized spacial score (nSPS) is 15.6. The molecule has 40 heavy (non-hydrogen) atoms. The first-order chi connectivity index (χ1) is 19.3. The first-order valence-corrected chi connectivity index (χ1v) is 14.8. The van der Waals surface area contributed by atoms with Crippen molar-refractivity contribution in [3.05, 3.63) is 119 Å². The van der Waals surface area contributed by atoms with E-state index >= 15 is 0 Å². The molecule has 0 aliphatic carbocycles. The second-order valence-electron chi connectivity index (χ2n) is 8.81. The summed E-state index contributed by atoms with van der Waals surface area (Å²) in [5, 5.41) is 0.530. The van der Waals surface area contributed by atoms with Crippen LogP contribution in [0.3, 0.4) is 0 Å². The second-order valence-corrected chi connectivity index (χ2v) is 11.4. The smallest absolute Gasteiger partial charge is 0.339 e. The highest BCUT2D eigenvalue weighted by atomic mass is 32.2. The van der Waals surface area contributed by atoms with Crippen LogP contribution in [0.4, 0.5) is 11.4 Å². The topological polar surface area (TPSA) is 85.3 Å². The van der Waals surface area contributed by atoms with Gasteiger partial charge in [0.2, 0.25) is 0 Å². The van der Waals surface area contributed by atoms with Gasteiger partial charge in [-0.2, -0.15) is 8.42 Å². The van der Waals surface area contributed by atoms with Gasteiger partial charge in [0.05, 0.1) is 22.9 Å². The molecule has 5 rings (SSSR count). The number of nitrogens with zero attached hydrogens (tertiary/aromatic N) is 2. The van der Waals surface area contributed by atoms with Crippen LogP contribution in [0.1, 0.15) is 18.1 Å². The molecule has 4 aromatic rings. The molecule has 4 aromatic carbocycles. The molecule has 0 N–H and O–H groups in total. The van der Waals surface area contributed by atoms with E-state index in [1.165, 1.54) is 30.0 Å². The number of aliphatic imine (C=N–C) groups is 1. The summed E-state index contributed by atoms with van der Waals surface area (Å²) in [4.78, 5) is 20.4. The fourth-order valence-electron chi connectivity index (χ4n) is 3.94. The number of hydrogen-bond acceptors (Lipinski definition) is 7. The Labute approximate surface area is 237 Å². The fraction of sp³-hybridized carbons (Fsp3) is 0.0968. The van der Waals surface area contributed by atoms with Crippen LogP contribution in [0.15, 0.2) is 118 Å². The first-order valence-electron chi connectivity index (χ1n) is 12.5. The van der Waals surface area contributed by atoms with Gasteiger partial charge in [-0.15, -0.1) is 0 Å². The van der Waals surface area contributed by atoms with Gasteiger partial charge in [0.25, 0.3) is 5.91 Å². The minimum Gasteiger partial charge on any atom is -0.490 e. The van der Waals surface area contributed by atoms with Gasteiger partial charge < -0.3 is 8.92 Å². The zero-order valence-electron chi connectivity index (χ0n) is 21.9. The van der Waals surface area contributed by atoms with Gasteiger partial charge in [-0.25, -0.2) is 4.99 Å². The molecule has 0 aromatic heterocycles. The largest absolute Gasteiger partial charge is 0.490 e. The molecule has 1 heterocycles. The van der Waals surface area contributed by atoms with E-state index in [1.807, 2.05) is 67.6 Å². The summed E-state index contributed by atoms with van der Waals surface area (Å²) in [5.74, 6) is 0.0967. The van der Waals surface area contributed by atoms with Gasteiger partial charge >= 0.3 is 10.1 Å². The predicted molar refractivity (Wildman–Crippen MR) is 160 cm³/mol. The van der Waals surface area contributed by atoms with Crippen molar-refractivity contribution in [2.75, 3.05) is 11.5 Å². The minimum atomic E-state index is -4.07. The van der Waals surface area contributed by atoms with E-state index < -0.39 is 10.1 Å². The summed E-state index contributed by atoms with van der Waals surface area (Å²) in [6.07, 6.45) is 1.73. The first kappa shape index (κ1) is 27.2. The van der Waals surface area contributed by atoms with E-state index in [0.717, 1.165) is 11.3 Å². The zero-order chi connectivity index (χ0) is 28.1. The van der Waals surface area contributed by atoms with Crippen LogP contribution in [-0.4, -0.2) is 26.1 Å². The van der Waals surface area contributed by atoms with Crippen molar-refractivity contribution < 1.29 is 22.1 Å². The molecular formula is C31H26N2O5S2. The molecular weight excluding hydrogens is 544 g/mol. The molecule has 1 saturated heterocycles. The van der Waals surface area contributed by atoms with E-state index in [4.69, 9.17) is 13.9 Å².